The summed E-state index contributed by atoms with van der Waals surface area (Å²) in [5.74, 6) is 0.787. The molecule has 2 heteroatoms. The van der Waals surface area contributed by atoms with Crippen molar-refractivity contribution in [3.05, 3.63) is 0 Å². The van der Waals surface area contributed by atoms with Crippen molar-refractivity contribution in [3.8, 4) is 0 Å². The Morgan fingerprint density at radius 3 is 2.43 bits per heavy atom. The lowest BCUT2D eigenvalue weighted by Gasteiger charge is -2.01. The molecule has 0 saturated carbocycles. The third kappa shape index (κ3) is 4.16. The van der Waals surface area contributed by atoms with Gasteiger partial charge in [0.15, 0.2) is 0 Å². The molecule has 7 heavy (non-hydrogen) atoms. The predicted octanol–water partition coefficient (Wildman–Crippen LogP) is 1.08. The molecule has 1 N–H and O–H groups in total. The van der Waals surface area contributed by atoms with Gasteiger partial charge >= 0.3 is 0 Å². The molecule has 0 amide bonds. The maximum atomic E-state index is 8.81. The molecule has 0 aromatic heterocycles. The van der Waals surface area contributed by atoms with Crippen LogP contribution in [0.15, 0.2) is 0 Å². The molecule has 0 aromatic carbocycles. The van der Waals surface area contributed by atoms with Gasteiger partial charge in [-0.05, 0) is 18.6 Å². The molecule has 0 spiro atoms. The van der Waals surface area contributed by atoms with Gasteiger partial charge in [0.25, 0.3) is 0 Å². The minimum atomic E-state index is -0.127. The molecule has 1 unspecified atom stereocenters. The molecule has 1 nitrogen and oxygen atoms in total. The van der Waals surface area contributed by atoms with E-state index in [0.717, 1.165) is 18.6 Å². The van der Waals surface area contributed by atoms with Crippen molar-refractivity contribution >= 4 is 12.6 Å². The third-order valence-corrected chi connectivity index (χ3v) is 1.19. The van der Waals surface area contributed by atoms with Crippen molar-refractivity contribution in [2.75, 3.05) is 5.75 Å². The molecule has 0 saturated heterocycles. The Hall–Kier alpha value is 0.310. The fourth-order valence-electron chi connectivity index (χ4n) is 0.353. The molecule has 0 fully saturated rings. The highest BCUT2D eigenvalue weighted by molar-refractivity contribution is 7.80. The van der Waals surface area contributed by atoms with Crippen molar-refractivity contribution in [2.24, 2.45) is 0 Å². The van der Waals surface area contributed by atoms with Crippen LogP contribution in [0, 0.1) is 0 Å². The summed E-state index contributed by atoms with van der Waals surface area (Å²) in [4.78, 5) is 0. The fourth-order valence-corrected chi connectivity index (χ4v) is 0.651. The van der Waals surface area contributed by atoms with E-state index in [-0.39, 0.29) is 6.10 Å². The number of aliphatic hydroxyl groups excluding tert-OH is 1. The van der Waals surface area contributed by atoms with E-state index in [9.17, 15) is 0 Å². The molecular formula is C5H12OS. The van der Waals surface area contributed by atoms with Crippen LogP contribution in [-0.2, 0) is 0 Å². The predicted molar refractivity (Wildman–Crippen MR) is 34.8 cm³/mol. The lowest BCUT2D eigenvalue weighted by Crippen LogP contribution is -2.03. The van der Waals surface area contributed by atoms with Gasteiger partial charge in [-0.15, -0.1) is 0 Å². The van der Waals surface area contributed by atoms with Crippen LogP contribution in [0.25, 0.3) is 0 Å². The zero-order chi connectivity index (χ0) is 5.70. The second-order valence-electron chi connectivity index (χ2n) is 1.57. The maximum Gasteiger partial charge on any atom is 0.0545 e. The first-order valence-electron chi connectivity index (χ1n) is 2.60. The van der Waals surface area contributed by atoms with E-state index in [1.807, 2.05) is 6.92 Å². The van der Waals surface area contributed by atoms with Gasteiger partial charge in [0.05, 0.1) is 6.10 Å². The second kappa shape index (κ2) is 4.47. The van der Waals surface area contributed by atoms with Gasteiger partial charge in [-0.3, -0.25) is 0 Å². The highest BCUT2D eigenvalue weighted by atomic mass is 32.1. The van der Waals surface area contributed by atoms with Crippen LogP contribution in [0.5, 0.6) is 0 Å². The van der Waals surface area contributed by atoms with Gasteiger partial charge in [-0.2, -0.15) is 12.6 Å². The third-order valence-electron chi connectivity index (χ3n) is 0.934. The molecular weight excluding hydrogens is 108 g/mol. The number of thiol groups is 1. The Morgan fingerprint density at radius 2 is 2.29 bits per heavy atom. The zero-order valence-electron chi connectivity index (χ0n) is 4.59. The van der Waals surface area contributed by atoms with Crippen LogP contribution in [0.3, 0.4) is 0 Å². The molecule has 0 aromatic rings. The van der Waals surface area contributed by atoms with Gasteiger partial charge in [-0.1, -0.05) is 6.92 Å². The Kier molecular flexibility index (Phi) is 4.67. The minimum Gasteiger partial charge on any atom is -0.393 e. The zero-order valence-corrected chi connectivity index (χ0v) is 5.49. The van der Waals surface area contributed by atoms with Crippen LogP contribution < -0.4 is 0 Å². The fraction of sp³-hybridized carbons (Fsp3) is 1.00. The Bertz CT molecular complexity index is 39.1. The largest absolute Gasteiger partial charge is 0.393 e. The monoisotopic (exact) mass is 120 g/mol. The van der Waals surface area contributed by atoms with E-state index in [4.69, 9.17) is 5.11 Å². The second-order valence-corrected chi connectivity index (χ2v) is 2.02. The van der Waals surface area contributed by atoms with Crippen LogP contribution in [0.2, 0.25) is 0 Å². The average Bonchev–Trinajstić information content (AvgIpc) is 1.68. The lowest BCUT2D eigenvalue weighted by molar-refractivity contribution is 0.167. The topological polar surface area (TPSA) is 20.2 Å². The van der Waals surface area contributed by atoms with Gasteiger partial charge in [0.2, 0.25) is 0 Å². The highest BCUT2D eigenvalue weighted by Gasteiger charge is 1.94. The van der Waals surface area contributed by atoms with Crippen molar-refractivity contribution < 1.29 is 5.11 Å². The van der Waals surface area contributed by atoms with Crippen LogP contribution >= 0.6 is 12.6 Å². The van der Waals surface area contributed by atoms with Gasteiger partial charge < -0.3 is 5.11 Å². The van der Waals surface area contributed by atoms with E-state index in [1.54, 1.807) is 0 Å². The molecule has 44 valence electrons. The molecule has 0 heterocycles. The van der Waals surface area contributed by atoms with E-state index < -0.39 is 0 Å². The van der Waals surface area contributed by atoms with Gasteiger partial charge in [0.1, 0.15) is 0 Å². The van der Waals surface area contributed by atoms with Crippen molar-refractivity contribution in [2.45, 2.75) is 25.9 Å². The van der Waals surface area contributed by atoms with E-state index in [0.29, 0.717) is 0 Å². The van der Waals surface area contributed by atoms with Crippen molar-refractivity contribution in [1.29, 1.82) is 0 Å². The summed E-state index contributed by atoms with van der Waals surface area (Å²) in [5, 5.41) is 8.81. The first-order chi connectivity index (χ1) is 3.31. The molecule has 0 aliphatic heterocycles. The molecule has 0 radical (unpaired) electrons. The number of aliphatic hydroxyl groups is 1. The summed E-state index contributed by atoms with van der Waals surface area (Å²) >= 11 is 3.95. The van der Waals surface area contributed by atoms with Crippen LogP contribution in [-0.4, -0.2) is 17.0 Å². The Balaban J connectivity index is 2.83. The van der Waals surface area contributed by atoms with Crippen LogP contribution in [0.4, 0.5) is 0 Å². The van der Waals surface area contributed by atoms with E-state index in [2.05, 4.69) is 12.6 Å². The smallest absolute Gasteiger partial charge is 0.0545 e. The van der Waals surface area contributed by atoms with Crippen molar-refractivity contribution in [3.63, 3.8) is 0 Å². The normalized spacial score (nSPS) is 14.1. The molecule has 0 aliphatic carbocycles. The standard InChI is InChI=1S/C5H12OS/c1-2-5(6)3-4-7/h5-7H,2-4H2,1H3. The molecule has 1 atom stereocenters. The summed E-state index contributed by atoms with van der Waals surface area (Å²) in [7, 11) is 0. The first-order valence-corrected chi connectivity index (χ1v) is 3.23. The number of hydrogen-bond acceptors (Lipinski definition) is 2. The van der Waals surface area contributed by atoms with E-state index in [1.165, 1.54) is 0 Å². The first kappa shape index (κ1) is 7.31. The van der Waals surface area contributed by atoms with Gasteiger partial charge in [0, 0.05) is 0 Å². The molecule has 0 aliphatic rings. The minimum absolute atomic E-state index is 0.127. The SMILES string of the molecule is CCC(O)CCS. The Morgan fingerprint density at radius 1 is 1.71 bits per heavy atom. The summed E-state index contributed by atoms with van der Waals surface area (Å²) in [6, 6.07) is 0. The molecule has 0 rings (SSSR count). The van der Waals surface area contributed by atoms with Gasteiger partial charge in [-0.25, -0.2) is 0 Å². The summed E-state index contributed by atoms with van der Waals surface area (Å²) in [5.41, 5.74) is 0. The van der Waals surface area contributed by atoms with E-state index >= 15 is 0 Å². The number of rotatable bonds is 3. The highest BCUT2D eigenvalue weighted by Crippen LogP contribution is 1.96. The number of hydrogen-bond donors (Lipinski definition) is 2. The summed E-state index contributed by atoms with van der Waals surface area (Å²) < 4.78 is 0. The maximum absolute atomic E-state index is 8.81. The molecule has 0 bridgehead atoms. The Labute approximate surface area is 50.1 Å². The van der Waals surface area contributed by atoms with Crippen molar-refractivity contribution in [1.82, 2.24) is 0 Å². The lowest BCUT2D eigenvalue weighted by atomic mass is 10.2. The quantitative estimate of drug-likeness (QED) is 0.534. The summed E-state index contributed by atoms with van der Waals surface area (Å²) in [6.07, 6.45) is 1.54. The van der Waals surface area contributed by atoms with Crippen LogP contribution in [0.1, 0.15) is 19.8 Å². The average molecular weight is 120 g/mol. The summed E-state index contributed by atoms with van der Waals surface area (Å²) in [6.45, 7) is 1.97.